The first kappa shape index (κ1) is 18.0. The van der Waals surface area contributed by atoms with Gasteiger partial charge in [0.25, 0.3) is 0 Å². The summed E-state index contributed by atoms with van der Waals surface area (Å²) in [6.07, 6.45) is 13.8. The van der Waals surface area contributed by atoms with Crippen molar-refractivity contribution in [2.45, 2.75) is 91.9 Å². The van der Waals surface area contributed by atoms with Crippen molar-refractivity contribution in [2.75, 3.05) is 0 Å². The predicted molar refractivity (Wildman–Crippen MR) is 84.7 cm³/mol. The lowest BCUT2D eigenvalue weighted by Crippen LogP contribution is -2.01. The standard InChI is InChI=1S/C18H37/c1-6-10-16(3)12-8-9-13-18(5)15-14-17(4)11-7-2/h16-18H,5-15H2,1-4H3. The van der Waals surface area contributed by atoms with Gasteiger partial charge in [-0.3, -0.25) is 0 Å². The Labute approximate surface area is 117 Å². The van der Waals surface area contributed by atoms with Crippen molar-refractivity contribution in [1.82, 2.24) is 0 Å². The molecule has 1 radical (unpaired) electrons. The Kier molecular flexibility index (Phi) is 12.1. The summed E-state index contributed by atoms with van der Waals surface area (Å²) in [5.41, 5.74) is 0. The van der Waals surface area contributed by atoms with Gasteiger partial charge in [-0.05, 0) is 17.8 Å². The minimum atomic E-state index is 0.700. The first-order valence-corrected chi connectivity index (χ1v) is 8.43. The van der Waals surface area contributed by atoms with Crippen LogP contribution in [0.3, 0.4) is 0 Å². The summed E-state index contributed by atoms with van der Waals surface area (Å²) < 4.78 is 0. The van der Waals surface area contributed by atoms with E-state index in [4.69, 9.17) is 0 Å². The molecule has 0 aliphatic heterocycles. The predicted octanol–water partition coefficient (Wildman–Crippen LogP) is 6.65. The lowest BCUT2D eigenvalue weighted by molar-refractivity contribution is 0.395. The lowest BCUT2D eigenvalue weighted by atomic mass is 9.91. The molecule has 0 nitrogen and oxygen atoms in total. The van der Waals surface area contributed by atoms with E-state index in [1.54, 1.807) is 0 Å². The van der Waals surface area contributed by atoms with E-state index in [1.807, 2.05) is 0 Å². The summed E-state index contributed by atoms with van der Waals surface area (Å²) in [7, 11) is 0. The Balaban J connectivity index is 3.39. The van der Waals surface area contributed by atoms with Crippen LogP contribution in [0, 0.1) is 24.7 Å². The van der Waals surface area contributed by atoms with Crippen molar-refractivity contribution in [3.8, 4) is 0 Å². The van der Waals surface area contributed by atoms with Crippen LogP contribution >= 0.6 is 0 Å². The second-order valence-electron chi connectivity index (χ2n) is 6.52. The largest absolute Gasteiger partial charge is 0.0654 e. The fourth-order valence-electron chi connectivity index (χ4n) is 2.86. The Bertz CT molecular complexity index is 161. The van der Waals surface area contributed by atoms with Gasteiger partial charge >= 0.3 is 0 Å². The van der Waals surface area contributed by atoms with Gasteiger partial charge in [-0.15, -0.1) is 0 Å². The van der Waals surface area contributed by atoms with E-state index < -0.39 is 0 Å². The first-order valence-electron chi connectivity index (χ1n) is 8.43. The van der Waals surface area contributed by atoms with E-state index in [2.05, 4.69) is 34.6 Å². The van der Waals surface area contributed by atoms with Gasteiger partial charge in [-0.2, -0.15) is 0 Å². The molecule has 0 aliphatic carbocycles. The maximum atomic E-state index is 4.32. The molecule has 0 aliphatic rings. The van der Waals surface area contributed by atoms with Crippen LogP contribution < -0.4 is 0 Å². The molecular formula is C18H37. The van der Waals surface area contributed by atoms with Crippen molar-refractivity contribution < 1.29 is 0 Å². The van der Waals surface area contributed by atoms with Gasteiger partial charge < -0.3 is 0 Å². The second kappa shape index (κ2) is 12.1. The monoisotopic (exact) mass is 253 g/mol. The molecule has 3 atom stereocenters. The molecule has 0 saturated heterocycles. The van der Waals surface area contributed by atoms with Crippen molar-refractivity contribution >= 4 is 0 Å². The molecule has 0 bridgehead atoms. The van der Waals surface area contributed by atoms with Gasteiger partial charge in [0.05, 0.1) is 0 Å². The molecule has 0 aromatic rings. The summed E-state index contributed by atoms with van der Waals surface area (Å²) in [6, 6.07) is 0. The van der Waals surface area contributed by atoms with Crippen molar-refractivity contribution in [3.63, 3.8) is 0 Å². The van der Waals surface area contributed by atoms with Gasteiger partial charge in [-0.1, -0.05) is 98.8 Å². The lowest BCUT2D eigenvalue weighted by Gasteiger charge is -2.15. The molecule has 0 heteroatoms. The first-order chi connectivity index (χ1) is 8.60. The number of unbranched alkanes of at least 4 members (excludes halogenated alkanes) is 1. The quantitative estimate of drug-likeness (QED) is 0.342. The number of hydrogen-bond acceptors (Lipinski definition) is 0. The molecule has 0 heterocycles. The highest BCUT2D eigenvalue weighted by molar-refractivity contribution is 4.64. The summed E-state index contributed by atoms with van der Waals surface area (Å²) in [4.78, 5) is 0. The van der Waals surface area contributed by atoms with Crippen LogP contribution in [0.1, 0.15) is 91.9 Å². The van der Waals surface area contributed by atoms with Crippen LogP contribution in [0.5, 0.6) is 0 Å². The molecule has 0 fully saturated rings. The molecule has 0 saturated carbocycles. The molecule has 0 rings (SSSR count). The van der Waals surface area contributed by atoms with Crippen molar-refractivity contribution in [2.24, 2.45) is 17.8 Å². The highest BCUT2D eigenvalue weighted by Crippen LogP contribution is 2.21. The molecule has 0 amide bonds. The number of rotatable bonds is 12. The summed E-state index contributed by atoms with van der Waals surface area (Å²) in [5, 5.41) is 0. The van der Waals surface area contributed by atoms with Crippen LogP contribution in [0.4, 0.5) is 0 Å². The molecule has 0 aromatic carbocycles. The highest BCUT2D eigenvalue weighted by Gasteiger charge is 2.07. The van der Waals surface area contributed by atoms with E-state index in [0.717, 1.165) is 11.8 Å². The average molecular weight is 253 g/mol. The van der Waals surface area contributed by atoms with Crippen LogP contribution in [0.15, 0.2) is 0 Å². The van der Waals surface area contributed by atoms with Gasteiger partial charge in [-0.25, -0.2) is 0 Å². The average Bonchev–Trinajstić information content (AvgIpc) is 2.33. The second-order valence-corrected chi connectivity index (χ2v) is 6.52. The minimum Gasteiger partial charge on any atom is -0.0654 e. The third-order valence-corrected chi connectivity index (χ3v) is 4.19. The molecule has 0 spiro atoms. The highest BCUT2D eigenvalue weighted by atomic mass is 14.1. The van der Waals surface area contributed by atoms with E-state index in [0.29, 0.717) is 5.92 Å². The van der Waals surface area contributed by atoms with E-state index in [1.165, 1.54) is 64.2 Å². The van der Waals surface area contributed by atoms with Crippen molar-refractivity contribution in [1.29, 1.82) is 0 Å². The topological polar surface area (TPSA) is 0 Å². The van der Waals surface area contributed by atoms with Crippen LogP contribution in [-0.4, -0.2) is 0 Å². The zero-order chi connectivity index (χ0) is 13.8. The zero-order valence-corrected chi connectivity index (χ0v) is 13.5. The SMILES string of the molecule is [CH2]C(CCCCC(C)CCC)CCC(C)CCC. The van der Waals surface area contributed by atoms with E-state index in [9.17, 15) is 0 Å². The summed E-state index contributed by atoms with van der Waals surface area (Å²) in [6.45, 7) is 13.7. The molecule has 109 valence electrons. The van der Waals surface area contributed by atoms with Gasteiger partial charge in [0, 0.05) is 0 Å². The number of hydrogen-bond donors (Lipinski definition) is 0. The van der Waals surface area contributed by atoms with Crippen LogP contribution in [0.25, 0.3) is 0 Å². The van der Waals surface area contributed by atoms with Crippen molar-refractivity contribution in [3.05, 3.63) is 6.92 Å². The van der Waals surface area contributed by atoms with Crippen LogP contribution in [0.2, 0.25) is 0 Å². The minimum absolute atomic E-state index is 0.700. The Morgan fingerprint density at radius 3 is 1.72 bits per heavy atom. The van der Waals surface area contributed by atoms with Gasteiger partial charge in [0.2, 0.25) is 0 Å². The Morgan fingerprint density at radius 1 is 0.667 bits per heavy atom. The summed E-state index contributed by atoms with van der Waals surface area (Å²) >= 11 is 0. The normalized spacial score (nSPS) is 16.5. The molecule has 18 heavy (non-hydrogen) atoms. The molecule has 0 N–H and O–H groups in total. The zero-order valence-electron chi connectivity index (χ0n) is 13.5. The van der Waals surface area contributed by atoms with Crippen LogP contribution in [-0.2, 0) is 0 Å². The third kappa shape index (κ3) is 11.1. The molecule has 0 aromatic heterocycles. The fraction of sp³-hybridized carbons (Fsp3) is 0.944. The third-order valence-electron chi connectivity index (χ3n) is 4.19. The van der Waals surface area contributed by atoms with E-state index in [-0.39, 0.29) is 0 Å². The summed E-state index contributed by atoms with van der Waals surface area (Å²) in [5.74, 6) is 2.54. The smallest absolute Gasteiger partial charge is 0.0414 e. The fourth-order valence-corrected chi connectivity index (χ4v) is 2.86. The van der Waals surface area contributed by atoms with Gasteiger partial charge in [0.15, 0.2) is 0 Å². The Hall–Kier alpha value is 0. The molecule has 3 unspecified atom stereocenters. The van der Waals surface area contributed by atoms with Gasteiger partial charge in [0.1, 0.15) is 0 Å². The maximum Gasteiger partial charge on any atom is -0.0414 e. The Morgan fingerprint density at radius 2 is 1.17 bits per heavy atom. The maximum absolute atomic E-state index is 4.32. The molecular weight excluding hydrogens is 216 g/mol. The van der Waals surface area contributed by atoms with E-state index >= 15 is 0 Å².